The maximum absolute atomic E-state index is 13.5. The van der Waals surface area contributed by atoms with Gasteiger partial charge in [0.1, 0.15) is 11.4 Å². The van der Waals surface area contributed by atoms with E-state index >= 15 is 0 Å². The number of pyridine rings is 1. The van der Waals surface area contributed by atoms with Crippen molar-refractivity contribution in [1.82, 2.24) is 24.7 Å². The van der Waals surface area contributed by atoms with E-state index < -0.39 is 0 Å². The second-order valence-electron chi connectivity index (χ2n) is 9.65. The molecule has 7 nitrogen and oxygen atoms in total. The highest BCUT2D eigenvalue weighted by atomic mass is 79.9. The molecule has 1 N–H and O–H groups in total. The molecule has 1 fully saturated rings. The van der Waals surface area contributed by atoms with E-state index in [1.54, 1.807) is 7.11 Å². The summed E-state index contributed by atoms with van der Waals surface area (Å²) in [5, 5.41) is 1.01. The number of rotatable bonds is 7. The van der Waals surface area contributed by atoms with Crippen LogP contribution in [0.1, 0.15) is 10.4 Å². The summed E-state index contributed by atoms with van der Waals surface area (Å²) in [7, 11) is 5.86. The largest absolute Gasteiger partial charge is 0.496 e. The summed E-state index contributed by atoms with van der Waals surface area (Å²) in [6.07, 6.45) is 3.82. The summed E-state index contributed by atoms with van der Waals surface area (Å²) in [4.78, 5) is 28.0. The molecule has 0 bridgehead atoms. The first-order valence-electron chi connectivity index (χ1n) is 12.5. The van der Waals surface area contributed by atoms with Crippen LogP contribution in [0.15, 0.2) is 65.4 Å². The molecule has 192 valence electrons. The minimum atomic E-state index is 0.0615. The minimum absolute atomic E-state index is 0.0615. The van der Waals surface area contributed by atoms with Crippen molar-refractivity contribution < 1.29 is 9.53 Å². The topological polar surface area (TPSA) is 64.7 Å². The maximum atomic E-state index is 13.5. The van der Waals surface area contributed by atoms with E-state index in [-0.39, 0.29) is 5.91 Å². The third kappa shape index (κ3) is 5.42. The third-order valence-electron chi connectivity index (χ3n) is 6.98. The molecule has 0 unspecified atom stereocenters. The lowest BCUT2D eigenvalue weighted by molar-refractivity contribution is 0.0629. The first kappa shape index (κ1) is 25.4. The van der Waals surface area contributed by atoms with E-state index in [0.717, 1.165) is 82.8 Å². The number of H-pyrrole nitrogens is 1. The zero-order valence-electron chi connectivity index (χ0n) is 21.5. The third-order valence-corrected chi connectivity index (χ3v) is 7.67. The van der Waals surface area contributed by atoms with Crippen LogP contribution in [0.25, 0.3) is 33.3 Å². The number of hydrogen-bond donors (Lipinski definition) is 1. The Morgan fingerprint density at radius 3 is 2.59 bits per heavy atom. The lowest BCUT2D eigenvalue weighted by atomic mass is 10.00. The van der Waals surface area contributed by atoms with Crippen LogP contribution in [0.5, 0.6) is 5.75 Å². The molecule has 8 heteroatoms. The van der Waals surface area contributed by atoms with Crippen molar-refractivity contribution in [2.75, 3.05) is 60.5 Å². The summed E-state index contributed by atoms with van der Waals surface area (Å²) in [6, 6.07) is 16.1. The lowest BCUT2D eigenvalue weighted by Gasteiger charge is -2.35. The van der Waals surface area contributed by atoms with Gasteiger partial charge in [-0.2, -0.15) is 0 Å². The molecule has 0 saturated carbocycles. The Hall–Kier alpha value is -3.20. The summed E-state index contributed by atoms with van der Waals surface area (Å²) in [5.74, 6) is 0.874. The summed E-state index contributed by atoms with van der Waals surface area (Å²) >= 11 is 3.62. The second-order valence-corrected chi connectivity index (χ2v) is 10.5. The first-order chi connectivity index (χ1) is 17.9. The van der Waals surface area contributed by atoms with Crippen LogP contribution in [-0.2, 0) is 0 Å². The normalized spacial score (nSPS) is 14.5. The lowest BCUT2D eigenvalue weighted by Crippen LogP contribution is -2.50. The van der Waals surface area contributed by atoms with Crippen molar-refractivity contribution in [2.24, 2.45) is 0 Å². The van der Waals surface area contributed by atoms with Gasteiger partial charge in [0.25, 0.3) is 5.91 Å². The van der Waals surface area contributed by atoms with E-state index in [1.165, 1.54) is 0 Å². The molecule has 1 aliphatic rings. The Balaban J connectivity index is 1.40. The number of halogens is 1. The number of carbonyl (C=O) groups excluding carboxylic acids is 1. The molecule has 3 heterocycles. The van der Waals surface area contributed by atoms with E-state index in [1.807, 2.05) is 59.8 Å². The van der Waals surface area contributed by atoms with E-state index in [2.05, 4.69) is 55.9 Å². The number of aromatic amines is 1. The van der Waals surface area contributed by atoms with Gasteiger partial charge in [0.15, 0.2) is 0 Å². The highest BCUT2D eigenvalue weighted by Crippen LogP contribution is 2.36. The van der Waals surface area contributed by atoms with Gasteiger partial charge in [-0.15, -0.1) is 0 Å². The SMILES string of the molecule is COc1ccccc1-c1c[nH]c2ncc(-c3ccc(Br)c(C(=O)N4CCN(CCN(C)C)CC4)c3)cc12. The number of fused-ring (bicyclic) bond motifs is 1. The Bertz CT molecular complexity index is 1410. The second kappa shape index (κ2) is 11.0. The molecule has 0 atom stereocenters. The van der Waals surface area contributed by atoms with Crippen molar-refractivity contribution in [3.8, 4) is 28.0 Å². The molecule has 0 radical (unpaired) electrons. The fraction of sp³-hybridized carbons (Fsp3) is 0.310. The molecule has 1 aliphatic heterocycles. The van der Waals surface area contributed by atoms with Gasteiger partial charge in [-0.1, -0.05) is 24.3 Å². The smallest absolute Gasteiger partial charge is 0.255 e. The van der Waals surface area contributed by atoms with Crippen molar-refractivity contribution in [3.05, 3.63) is 71.0 Å². The molecule has 5 rings (SSSR count). The van der Waals surface area contributed by atoms with Crippen molar-refractivity contribution in [2.45, 2.75) is 0 Å². The Labute approximate surface area is 226 Å². The fourth-order valence-electron chi connectivity index (χ4n) is 4.81. The number of amides is 1. The number of hydrogen-bond acceptors (Lipinski definition) is 5. The van der Waals surface area contributed by atoms with Crippen LogP contribution in [0.4, 0.5) is 0 Å². The molecular weight excluding hydrogens is 530 g/mol. The van der Waals surface area contributed by atoms with Crippen LogP contribution < -0.4 is 4.74 Å². The van der Waals surface area contributed by atoms with Crippen molar-refractivity contribution in [1.29, 1.82) is 0 Å². The fourth-order valence-corrected chi connectivity index (χ4v) is 5.22. The number of nitrogens with one attached hydrogen (secondary N) is 1. The Morgan fingerprint density at radius 1 is 1.05 bits per heavy atom. The zero-order valence-corrected chi connectivity index (χ0v) is 23.1. The standard InChI is InChI=1S/C29H32BrN5O2/c1-33(2)10-11-34-12-14-35(15-13-34)29(36)24-16-20(8-9-26(24)30)21-17-23-25(19-32-28(23)31-18-21)22-6-4-5-7-27(22)37-3/h4-9,16-19H,10-15H2,1-3H3,(H,31,32). The van der Waals surface area contributed by atoms with Crippen LogP contribution in [0.2, 0.25) is 0 Å². The number of piperazine rings is 1. The van der Waals surface area contributed by atoms with E-state index in [4.69, 9.17) is 4.74 Å². The van der Waals surface area contributed by atoms with Crippen LogP contribution in [-0.4, -0.2) is 91.0 Å². The van der Waals surface area contributed by atoms with Crippen LogP contribution >= 0.6 is 15.9 Å². The van der Waals surface area contributed by atoms with Crippen LogP contribution in [0.3, 0.4) is 0 Å². The average Bonchev–Trinajstić information content (AvgIpc) is 3.35. The zero-order chi connectivity index (χ0) is 25.9. The molecule has 2 aromatic carbocycles. The van der Waals surface area contributed by atoms with Gasteiger partial charge < -0.3 is 19.5 Å². The van der Waals surface area contributed by atoms with E-state index in [0.29, 0.717) is 5.56 Å². The van der Waals surface area contributed by atoms with Crippen molar-refractivity contribution in [3.63, 3.8) is 0 Å². The van der Waals surface area contributed by atoms with Gasteiger partial charge in [0.05, 0.1) is 12.7 Å². The maximum Gasteiger partial charge on any atom is 0.255 e. The average molecular weight is 563 g/mol. The number of likely N-dealkylation sites (N-methyl/N-ethyl adjacent to an activating group) is 1. The van der Waals surface area contributed by atoms with Gasteiger partial charge in [-0.05, 0) is 59.9 Å². The number of benzene rings is 2. The Morgan fingerprint density at radius 2 is 1.84 bits per heavy atom. The monoisotopic (exact) mass is 561 g/mol. The molecule has 0 aliphatic carbocycles. The predicted octanol–water partition coefficient (Wildman–Crippen LogP) is 4.99. The number of aromatic nitrogens is 2. The number of para-hydroxylation sites is 1. The molecule has 37 heavy (non-hydrogen) atoms. The highest BCUT2D eigenvalue weighted by Gasteiger charge is 2.24. The van der Waals surface area contributed by atoms with Gasteiger partial charge >= 0.3 is 0 Å². The van der Waals surface area contributed by atoms with Gasteiger partial charge in [-0.3, -0.25) is 9.69 Å². The van der Waals surface area contributed by atoms with Gasteiger partial charge in [0.2, 0.25) is 0 Å². The summed E-state index contributed by atoms with van der Waals surface area (Å²) in [5.41, 5.74) is 5.44. The van der Waals surface area contributed by atoms with Gasteiger partial charge in [0, 0.05) is 78.2 Å². The minimum Gasteiger partial charge on any atom is -0.496 e. The molecule has 1 saturated heterocycles. The summed E-state index contributed by atoms with van der Waals surface area (Å²) in [6.45, 7) is 5.33. The number of nitrogens with zero attached hydrogens (tertiary/aromatic N) is 4. The number of methoxy groups -OCH3 is 1. The van der Waals surface area contributed by atoms with Gasteiger partial charge in [-0.25, -0.2) is 4.98 Å². The Kier molecular flexibility index (Phi) is 7.60. The van der Waals surface area contributed by atoms with Crippen LogP contribution in [0, 0.1) is 0 Å². The highest BCUT2D eigenvalue weighted by molar-refractivity contribution is 9.10. The molecule has 1 amide bonds. The first-order valence-corrected chi connectivity index (χ1v) is 13.3. The summed E-state index contributed by atoms with van der Waals surface area (Å²) < 4.78 is 6.40. The number of ether oxygens (including phenoxy) is 1. The van der Waals surface area contributed by atoms with E-state index in [9.17, 15) is 4.79 Å². The molecule has 4 aromatic rings. The molecular formula is C29H32BrN5O2. The molecule has 0 spiro atoms. The molecule has 2 aromatic heterocycles. The predicted molar refractivity (Wildman–Crippen MR) is 152 cm³/mol. The quantitative estimate of drug-likeness (QED) is 0.344. The number of carbonyl (C=O) groups is 1. The van der Waals surface area contributed by atoms with Crippen molar-refractivity contribution >= 4 is 32.9 Å².